The molecule has 2 atom stereocenters. The molecule has 124 valence electrons. The van der Waals surface area contributed by atoms with Crippen LogP contribution in [-0.4, -0.2) is 26.6 Å². The molecule has 1 saturated heterocycles. The second-order valence-electron chi connectivity index (χ2n) is 7.10. The van der Waals surface area contributed by atoms with Crippen molar-refractivity contribution in [3.63, 3.8) is 0 Å². The van der Waals surface area contributed by atoms with Crippen LogP contribution in [-0.2, 0) is 11.8 Å². The molecule has 0 bridgehead atoms. The maximum atomic E-state index is 5.99. The average molecular weight is 316 g/mol. The lowest BCUT2D eigenvalue weighted by Crippen LogP contribution is -2.23. The summed E-state index contributed by atoms with van der Waals surface area (Å²) in [7, 11) is 1.93. The van der Waals surface area contributed by atoms with Crippen molar-refractivity contribution >= 4 is 6.08 Å². The van der Waals surface area contributed by atoms with Gasteiger partial charge < -0.3 is 9.15 Å². The number of aromatic nitrogens is 4. The van der Waals surface area contributed by atoms with Gasteiger partial charge in [-0.1, -0.05) is 26.8 Å². The average Bonchev–Trinajstić information content (AvgIpc) is 3.13. The van der Waals surface area contributed by atoms with E-state index in [2.05, 4.69) is 42.1 Å². The molecular weight excluding hydrogens is 292 g/mol. The highest BCUT2D eigenvalue weighted by Gasteiger charge is 2.34. The summed E-state index contributed by atoms with van der Waals surface area (Å²) in [5, 5.41) is 12.6. The third-order valence-electron chi connectivity index (χ3n) is 3.97. The van der Waals surface area contributed by atoms with E-state index in [0.717, 1.165) is 25.1 Å². The van der Waals surface area contributed by atoms with Crippen LogP contribution in [0.2, 0.25) is 0 Å². The first-order valence-electron chi connectivity index (χ1n) is 8.06. The van der Waals surface area contributed by atoms with Crippen LogP contribution >= 0.6 is 0 Å². The van der Waals surface area contributed by atoms with Crippen molar-refractivity contribution in [2.24, 2.45) is 12.5 Å². The molecule has 0 unspecified atom stereocenters. The minimum absolute atomic E-state index is 0.0726. The SMILES string of the molecule is Cn1nccc1[C@@H]1OCCC[C@H]1c1nnc(C=CC(C)(C)C)o1. The molecule has 3 heterocycles. The second kappa shape index (κ2) is 6.28. The Balaban J connectivity index is 1.83. The van der Waals surface area contributed by atoms with Crippen molar-refractivity contribution in [3.05, 3.63) is 35.8 Å². The van der Waals surface area contributed by atoms with Crippen molar-refractivity contribution in [3.8, 4) is 0 Å². The van der Waals surface area contributed by atoms with Crippen molar-refractivity contribution in [2.45, 2.75) is 45.6 Å². The van der Waals surface area contributed by atoms with Gasteiger partial charge in [0.1, 0.15) is 6.10 Å². The standard InChI is InChI=1S/C17H24N4O2/c1-17(2,3)9-7-14-19-20-16(23-14)12-6-5-11-22-15(12)13-8-10-18-21(13)4/h7-10,12,15H,5-6,11H2,1-4H3/t12-,15-/m1/s1. The van der Waals surface area contributed by atoms with Crippen LogP contribution in [0.15, 0.2) is 22.8 Å². The minimum Gasteiger partial charge on any atom is -0.421 e. The number of aryl methyl sites for hydroxylation is 1. The first-order chi connectivity index (χ1) is 10.9. The van der Waals surface area contributed by atoms with E-state index in [-0.39, 0.29) is 17.4 Å². The number of hydrogen-bond acceptors (Lipinski definition) is 5. The zero-order valence-electron chi connectivity index (χ0n) is 14.2. The minimum atomic E-state index is -0.0869. The Labute approximate surface area is 136 Å². The number of ether oxygens (including phenoxy) is 1. The molecule has 1 fully saturated rings. The molecule has 3 rings (SSSR count). The predicted molar refractivity (Wildman–Crippen MR) is 86.7 cm³/mol. The topological polar surface area (TPSA) is 66.0 Å². The Hall–Kier alpha value is -1.95. The maximum Gasteiger partial charge on any atom is 0.240 e. The normalized spacial score (nSPS) is 22.8. The van der Waals surface area contributed by atoms with Gasteiger partial charge in [-0.05, 0) is 30.4 Å². The van der Waals surface area contributed by atoms with Crippen LogP contribution in [0.4, 0.5) is 0 Å². The van der Waals surface area contributed by atoms with E-state index >= 15 is 0 Å². The van der Waals surface area contributed by atoms with Crippen molar-refractivity contribution in [2.75, 3.05) is 6.61 Å². The number of allylic oxidation sites excluding steroid dienone is 1. The molecule has 1 aliphatic heterocycles. The van der Waals surface area contributed by atoms with E-state index in [1.54, 1.807) is 6.20 Å². The van der Waals surface area contributed by atoms with Gasteiger partial charge in [-0.3, -0.25) is 4.68 Å². The summed E-state index contributed by atoms with van der Waals surface area (Å²) >= 11 is 0. The second-order valence-corrected chi connectivity index (χ2v) is 7.10. The molecule has 0 aliphatic carbocycles. The molecule has 0 radical (unpaired) electrons. The van der Waals surface area contributed by atoms with Crippen molar-refractivity contribution in [1.29, 1.82) is 0 Å². The highest BCUT2D eigenvalue weighted by Crippen LogP contribution is 2.39. The van der Waals surface area contributed by atoms with Crippen LogP contribution in [0.5, 0.6) is 0 Å². The first kappa shape index (κ1) is 15.9. The molecule has 6 nitrogen and oxygen atoms in total. The van der Waals surface area contributed by atoms with Crippen LogP contribution in [0.3, 0.4) is 0 Å². The van der Waals surface area contributed by atoms with E-state index in [0.29, 0.717) is 11.8 Å². The third kappa shape index (κ3) is 3.69. The van der Waals surface area contributed by atoms with E-state index in [4.69, 9.17) is 9.15 Å². The molecular formula is C17H24N4O2. The zero-order valence-corrected chi connectivity index (χ0v) is 14.2. The van der Waals surface area contributed by atoms with Crippen LogP contribution in [0.1, 0.15) is 63.1 Å². The van der Waals surface area contributed by atoms with Gasteiger partial charge in [-0.15, -0.1) is 10.2 Å². The molecule has 0 N–H and O–H groups in total. The van der Waals surface area contributed by atoms with E-state index < -0.39 is 0 Å². The monoisotopic (exact) mass is 316 g/mol. The Kier molecular flexibility index (Phi) is 4.35. The van der Waals surface area contributed by atoms with Crippen LogP contribution in [0.25, 0.3) is 6.08 Å². The fourth-order valence-electron chi connectivity index (χ4n) is 2.77. The van der Waals surface area contributed by atoms with Gasteiger partial charge in [0.25, 0.3) is 0 Å². The third-order valence-corrected chi connectivity index (χ3v) is 3.97. The molecule has 2 aromatic heterocycles. The Morgan fingerprint density at radius 1 is 1.30 bits per heavy atom. The van der Waals surface area contributed by atoms with E-state index in [1.165, 1.54) is 0 Å². The molecule has 1 aliphatic rings. The summed E-state index contributed by atoms with van der Waals surface area (Å²) in [6, 6.07) is 1.99. The number of hydrogen-bond donors (Lipinski definition) is 0. The molecule has 2 aromatic rings. The predicted octanol–water partition coefficient (Wildman–Crippen LogP) is 3.50. The van der Waals surface area contributed by atoms with Gasteiger partial charge in [-0.25, -0.2) is 0 Å². The largest absolute Gasteiger partial charge is 0.421 e. The molecule has 6 heteroatoms. The van der Waals surface area contributed by atoms with E-state index in [9.17, 15) is 0 Å². The fourth-order valence-corrected chi connectivity index (χ4v) is 2.77. The fraction of sp³-hybridized carbons (Fsp3) is 0.588. The lowest BCUT2D eigenvalue weighted by atomic mass is 9.92. The van der Waals surface area contributed by atoms with Crippen molar-refractivity contribution in [1.82, 2.24) is 20.0 Å². The summed E-state index contributed by atoms with van der Waals surface area (Å²) in [4.78, 5) is 0. The zero-order chi connectivity index (χ0) is 16.4. The van der Waals surface area contributed by atoms with Crippen LogP contribution < -0.4 is 0 Å². The molecule has 0 aromatic carbocycles. The molecule has 0 spiro atoms. The van der Waals surface area contributed by atoms with Crippen LogP contribution in [0, 0.1) is 5.41 Å². The lowest BCUT2D eigenvalue weighted by molar-refractivity contribution is -0.0137. The Morgan fingerprint density at radius 3 is 2.83 bits per heavy atom. The molecule has 0 amide bonds. The Bertz CT molecular complexity index is 681. The molecule has 0 saturated carbocycles. The Morgan fingerprint density at radius 2 is 2.13 bits per heavy atom. The summed E-state index contributed by atoms with van der Waals surface area (Å²) in [6.07, 6.45) is 7.63. The maximum absolute atomic E-state index is 5.99. The summed E-state index contributed by atoms with van der Waals surface area (Å²) in [5.74, 6) is 1.26. The lowest BCUT2D eigenvalue weighted by Gasteiger charge is -2.29. The highest BCUT2D eigenvalue weighted by molar-refractivity contribution is 5.38. The quantitative estimate of drug-likeness (QED) is 0.867. The van der Waals surface area contributed by atoms with Gasteiger partial charge in [0.2, 0.25) is 11.8 Å². The molecule has 23 heavy (non-hydrogen) atoms. The van der Waals surface area contributed by atoms with Gasteiger partial charge in [0, 0.05) is 19.9 Å². The van der Waals surface area contributed by atoms with Gasteiger partial charge in [-0.2, -0.15) is 5.10 Å². The number of rotatable bonds is 3. The number of nitrogens with zero attached hydrogens (tertiary/aromatic N) is 4. The van der Waals surface area contributed by atoms with E-state index in [1.807, 2.05) is 23.9 Å². The summed E-state index contributed by atoms with van der Waals surface area (Å²) in [5.41, 5.74) is 1.12. The summed E-state index contributed by atoms with van der Waals surface area (Å²) < 4.78 is 13.7. The van der Waals surface area contributed by atoms with Gasteiger partial charge >= 0.3 is 0 Å². The van der Waals surface area contributed by atoms with Gasteiger partial charge in [0.05, 0.1) is 11.6 Å². The smallest absolute Gasteiger partial charge is 0.240 e. The van der Waals surface area contributed by atoms with Gasteiger partial charge in [0.15, 0.2) is 0 Å². The first-order valence-corrected chi connectivity index (χ1v) is 8.06. The summed E-state index contributed by atoms with van der Waals surface area (Å²) in [6.45, 7) is 7.15. The van der Waals surface area contributed by atoms with Crippen molar-refractivity contribution < 1.29 is 9.15 Å². The highest BCUT2D eigenvalue weighted by atomic mass is 16.5.